The molecule has 0 bridgehead atoms. The molecular weight excluding hydrogens is 268 g/mol. The standard InChI is InChI=1S/C16H20N2O3/c1-11-2-4-13(5-3-11)18-9-12(8-15(18)20)16(21)17-7-6-14(19)10-17/h2-5,12,14,19H,6-10H2,1H3/t12?,14-/m0/s1. The Morgan fingerprint density at radius 3 is 2.57 bits per heavy atom. The number of hydrogen-bond donors (Lipinski definition) is 1. The van der Waals surface area contributed by atoms with Gasteiger partial charge in [0.15, 0.2) is 0 Å². The highest BCUT2D eigenvalue weighted by molar-refractivity contribution is 6.00. The van der Waals surface area contributed by atoms with Crippen molar-refractivity contribution in [3.8, 4) is 0 Å². The van der Waals surface area contributed by atoms with E-state index in [9.17, 15) is 14.7 Å². The van der Waals surface area contributed by atoms with E-state index in [4.69, 9.17) is 0 Å². The number of aliphatic hydroxyl groups is 1. The normalized spacial score (nSPS) is 25.7. The number of rotatable bonds is 2. The van der Waals surface area contributed by atoms with Gasteiger partial charge in [-0.05, 0) is 25.5 Å². The minimum atomic E-state index is -0.417. The molecule has 2 saturated heterocycles. The van der Waals surface area contributed by atoms with E-state index < -0.39 is 6.10 Å². The van der Waals surface area contributed by atoms with Crippen LogP contribution in [-0.2, 0) is 9.59 Å². The van der Waals surface area contributed by atoms with Crippen LogP contribution >= 0.6 is 0 Å². The third-order valence-electron chi connectivity index (χ3n) is 4.29. The minimum Gasteiger partial charge on any atom is -0.391 e. The van der Waals surface area contributed by atoms with Crippen LogP contribution < -0.4 is 4.90 Å². The number of aryl methyl sites for hydroxylation is 1. The Balaban J connectivity index is 1.69. The third kappa shape index (κ3) is 2.78. The lowest BCUT2D eigenvalue weighted by Crippen LogP contribution is -2.36. The molecule has 112 valence electrons. The predicted molar refractivity (Wildman–Crippen MR) is 78.8 cm³/mol. The van der Waals surface area contributed by atoms with Gasteiger partial charge in [0.2, 0.25) is 11.8 Å². The van der Waals surface area contributed by atoms with E-state index in [0.717, 1.165) is 11.3 Å². The SMILES string of the molecule is Cc1ccc(N2CC(C(=O)N3CC[C@H](O)C3)CC2=O)cc1. The smallest absolute Gasteiger partial charge is 0.228 e. The maximum absolute atomic E-state index is 12.4. The Morgan fingerprint density at radius 2 is 1.95 bits per heavy atom. The Morgan fingerprint density at radius 1 is 1.24 bits per heavy atom. The number of aliphatic hydroxyl groups excluding tert-OH is 1. The Hall–Kier alpha value is -1.88. The largest absolute Gasteiger partial charge is 0.391 e. The molecule has 3 rings (SSSR count). The first-order valence-corrected chi connectivity index (χ1v) is 7.38. The lowest BCUT2D eigenvalue weighted by atomic mass is 10.1. The van der Waals surface area contributed by atoms with Crippen molar-refractivity contribution in [2.24, 2.45) is 5.92 Å². The summed E-state index contributed by atoms with van der Waals surface area (Å²) < 4.78 is 0. The van der Waals surface area contributed by atoms with Crippen LogP contribution in [-0.4, -0.2) is 47.6 Å². The van der Waals surface area contributed by atoms with Gasteiger partial charge in [-0.25, -0.2) is 0 Å². The molecule has 2 atom stereocenters. The number of nitrogens with zero attached hydrogens (tertiary/aromatic N) is 2. The van der Waals surface area contributed by atoms with Crippen LogP contribution in [0.1, 0.15) is 18.4 Å². The summed E-state index contributed by atoms with van der Waals surface area (Å²) in [6.07, 6.45) is 0.479. The maximum atomic E-state index is 12.4. The number of carbonyl (C=O) groups excluding carboxylic acids is 2. The van der Waals surface area contributed by atoms with Gasteiger partial charge in [-0.15, -0.1) is 0 Å². The average molecular weight is 288 g/mol. The number of likely N-dealkylation sites (tertiary alicyclic amines) is 1. The molecule has 1 aromatic carbocycles. The molecule has 2 fully saturated rings. The van der Waals surface area contributed by atoms with Crippen LogP contribution in [0.15, 0.2) is 24.3 Å². The zero-order chi connectivity index (χ0) is 15.0. The summed E-state index contributed by atoms with van der Waals surface area (Å²) in [7, 11) is 0. The Bertz CT molecular complexity index is 555. The van der Waals surface area contributed by atoms with Crippen molar-refractivity contribution < 1.29 is 14.7 Å². The van der Waals surface area contributed by atoms with Crippen LogP contribution in [0, 0.1) is 12.8 Å². The second-order valence-corrected chi connectivity index (χ2v) is 5.97. The van der Waals surface area contributed by atoms with Gasteiger partial charge in [-0.1, -0.05) is 17.7 Å². The topological polar surface area (TPSA) is 60.9 Å². The fraction of sp³-hybridized carbons (Fsp3) is 0.500. The van der Waals surface area contributed by atoms with Crippen molar-refractivity contribution in [2.75, 3.05) is 24.5 Å². The van der Waals surface area contributed by atoms with E-state index in [1.54, 1.807) is 9.80 Å². The molecule has 1 unspecified atom stereocenters. The van der Waals surface area contributed by atoms with Crippen molar-refractivity contribution in [1.29, 1.82) is 0 Å². The zero-order valence-electron chi connectivity index (χ0n) is 12.2. The first kappa shape index (κ1) is 14.1. The molecule has 0 spiro atoms. The monoisotopic (exact) mass is 288 g/mol. The van der Waals surface area contributed by atoms with Gasteiger partial charge in [0.05, 0.1) is 12.0 Å². The predicted octanol–water partition coefficient (Wildman–Crippen LogP) is 0.941. The highest BCUT2D eigenvalue weighted by Gasteiger charge is 2.38. The first-order chi connectivity index (χ1) is 10.0. The van der Waals surface area contributed by atoms with Crippen LogP contribution in [0.3, 0.4) is 0 Å². The summed E-state index contributed by atoms with van der Waals surface area (Å²) >= 11 is 0. The average Bonchev–Trinajstić information content (AvgIpc) is 3.05. The van der Waals surface area contributed by atoms with E-state index in [-0.39, 0.29) is 24.2 Å². The molecule has 0 aromatic heterocycles. The molecule has 0 radical (unpaired) electrons. The zero-order valence-corrected chi connectivity index (χ0v) is 12.2. The highest BCUT2D eigenvalue weighted by Crippen LogP contribution is 2.27. The summed E-state index contributed by atoms with van der Waals surface area (Å²) in [5, 5.41) is 9.53. The number of hydrogen-bond acceptors (Lipinski definition) is 3. The van der Waals surface area contributed by atoms with Crippen LogP contribution in [0.2, 0.25) is 0 Å². The summed E-state index contributed by atoms with van der Waals surface area (Å²) in [5.74, 6) is -0.296. The van der Waals surface area contributed by atoms with Gasteiger partial charge >= 0.3 is 0 Å². The molecule has 0 aliphatic carbocycles. The second kappa shape index (κ2) is 5.48. The molecule has 2 amide bonds. The number of anilines is 1. The van der Waals surface area contributed by atoms with Crippen LogP contribution in [0.5, 0.6) is 0 Å². The molecule has 21 heavy (non-hydrogen) atoms. The molecule has 5 heteroatoms. The fourth-order valence-electron chi connectivity index (χ4n) is 3.05. The fourth-order valence-corrected chi connectivity index (χ4v) is 3.05. The molecule has 1 aromatic rings. The van der Waals surface area contributed by atoms with E-state index in [0.29, 0.717) is 26.1 Å². The third-order valence-corrected chi connectivity index (χ3v) is 4.29. The van der Waals surface area contributed by atoms with Gasteiger partial charge in [0, 0.05) is 31.7 Å². The van der Waals surface area contributed by atoms with Gasteiger partial charge in [0.25, 0.3) is 0 Å². The molecule has 0 saturated carbocycles. The van der Waals surface area contributed by atoms with Crippen molar-refractivity contribution in [1.82, 2.24) is 4.90 Å². The number of amides is 2. The number of carbonyl (C=O) groups is 2. The Kier molecular flexibility index (Phi) is 3.68. The highest BCUT2D eigenvalue weighted by atomic mass is 16.3. The number of benzene rings is 1. The van der Waals surface area contributed by atoms with Gasteiger partial charge in [0.1, 0.15) is 0 Å². The molecule has 2 aliphatic rings. The van der Waals surface area contributed by atoms with Crippen LogP contribution in [0.25, 0.3) is 0 Å². The molecule has 5 nitrogen and oxygen atoms in total. The lowest BCUT2D eigenvalue weighted by molar-refractivity contribution is -0.135. The van der Waals surface area contributed by atoms with Gasteiger partial charge in [-0.3, -0.25) is 9.59 Å². The number of β-amino-alcohol motifs (C(OH)–C–C–N with tert-alkyl or cyclic N) is 1. The van der Waals surface area contributed by atoms with E-state index in [1.165, 1.54) is 0 Å². The summed E-state index contributed by atoms with van der Waals surface area (Å²) in [4.78, 5) is 27.9. The minimum absolute atomic E-state index is 0.00283. The Labute approximate surface area is 124 Å². The van der Waals surface area contributed by atoms with Gasteiger partial charge < -0.3 is 14.9 Å². The van der Waals surface area contributed by atoms with Crippen molar-refractivity contribution in [3.63, 3.8) is 0 Å². The molecule has 1 N–H and O–H groups in total. The van der Waals surface area contributed by atoms with E-state index in [2.05, 4.69) is 0 Å². The van der Waals surface area contributed by atoms with E-state index in [1.807, 2.05) is 31.2 Å². The van der Waals surface area contributed by atoms with Crippen molar-refractivity contribution in [2.45, 2.75) is 25.9 Å². The summed E-state index contributed by atoms with van der Waals surface area (Å²) in [5.41, 5.74) is 1.99. The maximum Gasteiger partial charge on any atom is 0.228 e. The quantitative estimate of drug-likeness (QED) is 0.881. The molecular formula is C16H20N2O3. The summed E-state index contributed by atoms with van der Waals surface area (Å²) in [6.45, 7) is 3.43. The molecule has 2 heterocycles. The van der Waals surface area contributed by atoms with Crippen molar-refractivity contribution in [3.05, 3.63) is 29.8 Å². The first-order valence-electron chi connectivity index (χ1n) is 7.38. The summed E-state index contributed by atoms with van der Waals surface area (Å²) in [6, 6.07) is 7.77. The van der Waals surface area contributed by atoms with Gasteiger partial charge in [-0.2, -0.15) is 0 Å². The lowest BCUT2D eigenvalue weighted by Gasteiger charge is -2.20. The molecule has 2 aliphatic heterocycles. The van der Waals surface area contributed by atoms with Crippen molar-refractivity contribution >= 4 is 17.5 Å². The second-order valence-electron chi connectivity index (χ2n) is 5.97. The van der Waals surface area contributed by atoms with E-state index >= 15 is 0 Å². The van der Waals surface area contributed by atoms with Crippen LogP contribution in [0.4, 0.5) is 5.69 Å².